The molecule has 1 amide bonds. The number of benzene rings is 2. The quantitative estimate of drug-likeness (QED) is 0.289. The van der Waals surface area contributed by atoms with Gasteiger partial charge in [-0.15, -0.1) is 0 Å². The minimum atomic E-state index is -0.795. The molecule has 0 spiro atoms. The third kappa shape index (κ3) is 4.24. The van der Waals surface area contributed by atoms with Gasteiger partial charge in [-0.25, -0.2) is 0 Å². The molecule has 8 nitrogen and oxygen atoms in total. The maximum Gasteiger partial charge on any atom is 0.295 e. The zero-order chi connectivity index (χ0) is 25.4. The molecule has 0 saturated carbocycles. The van der Waals surface area contributed by atoms with E-state index in [9.17, 15) is 14.7 Å². The number of hydrogen-bond donors (Lipinski definition) is 2. The van der Waals surface area contributed by atoms with E-state index < -0.39 is 17.7 Å². The number of ether oxygens (including phenoxy) is 2. The molecule has 1 aliphatic rings. The molecular formula is C26H28ClN3O5. The second-order valence-corrected chi connectivity index (χ2v) is 9.10. The van der Waals surface area contributed by atoms with Crippen molar-refractivity contribution in [3.05, 3.63) is 63.8 Å². The summed E-state index contributed by atoms with van der Waals surface area (Å²) in [6, 6.07) is 9.89. The van der Waals surface area contributed by atoms with Crippen LogP contribution in [0, 0.1) is 6.92 Å². The molecule has 4 rings (SSSR count). The Balaban J connectivity index is 1.99. The molecule has 9 heteroatoms. The summed E-state index contributed by atoms with van der Waals surface area (Å²) in [5, 5.41) is 12.6. The highest BCUT2D eigenvalue weighted by Gasteiger charge is 2.47. The van der Waals surface area contributed by atoms with Gasteiger partial charge in [0.15, 0.2) is 0 Å². The van der Waals surface area contributed by atoms with Gasteiger partial charge in [0, 0.05) is 41.3 Å². The van der Waals surface area contributed by atoms with Crippen molar-refractivity contribution in [2.45, 2.75) is 13.0 Å². The van der Waals surface area contributed by atoms with E-state index in [0.717, 1.165) is 22.2 Å². The average molecular weight is 498 g/mol. The topological polar surface area (TPSA) is 95.1 Å². The van der Waals surface area contributed by atoms with Gasteiger partial charge in [0.1, 0.15) is 17.3 Å². The van der Waals surface area contributed by atoms with Gasteiger partial charge in [-0.3, -0.25) is 9.59 Å². The number of hydrogen-bond acceptors (Lipinski definition) is 6. The molecule has 1 atom stereocenters. The normalized spacial score (nSPS) is 17.6. The van der Waals surface area contributed by atoms with Crippen LogP contribution in [0.25, 0.3) is 16.7 Å². The second-order valence-electron chi connectivity index (χ2n) is 8.69. The first-order chi connectivity index (χ1) is 16.7. The third-order valence-electron chi connectivity index (χ3n) is 6.27. The first kappa shape index (κ1) is 24.6. The number of aryl methyl sites for hydroxylation is 1. The number of amides is 1. The number of H-pyrrole nitrogens is 1. The van der Waals surface area contributed by atoms with Gasteiger partial charge >= 0.3 is 0 Å². The molecule has 1 aromatic heterocycles. The van der Waals surface area contributed by atoms with Crippen LogP contribution < -0.4 is 9.47 Å². The summed E-state index contributed by atoms with van der Waals surface area (Å²) in [7, 11) is 6.70. The van der Waals surface area contributed by atoms with Gasteiger partial charge in [-0.05, 0) is 33.2 Å². The number of aliphatic hydroxyl groups excluding tert-OH is 1. The van der Waals surface area contributed by atoms with Gasteiger partial charge in [-0.2, -0.15) is 0 Å². The molecule has 1 aliphatic heterocycles. The highest BCUT2D eigenvalue weighted by atomic mass is 35.5. The van der Waals surface area contributed by atoms with Crippen LogP contribution in [0.5, 0.6) is 11.5 Å². The summed E-state index contributed by atoms with van der Waals surface area (Å²) in [6.45, 7) is 2.74. The van der Waals surface area contributed by atoms with Crippen molar-refractivity contribution in [3.63, 3.8) is 0 Å². The van der Waals surface area contributed by atoms with Gasteiger partial charge in [0.05, 0.1) is 36.4 Å². The Morgan fingerprint density at radius 1 is 1.14 bits per heavy atom. The number of carbonyl (C=O) groups is 2. The number of aromatic amines is 1. The number of nitrogens with zero attached hydrogens (tertiary/aromatic N) is 2. The Hall–Kier alpha value is -3.49. The number of halogens is 1. The lowest BCUT2D eigenvalue weighted by molar-refractivity contribution is -0.140. The van der Waals surface area contributed by atoms with Crippen LogP contribution in [0.3, 0.4) is 0 Å². The third-order valence-corrected chi connectivity index (χ3v) is 6.57. The number of carbonyl (C=O) groups excluding carboxylic acids is 2. The fraction of sp³-hybridized carbons (Fsp3) is 0.308. The number of Topliss-reactive ketones (excluding diaryl/α,β-unsaturated/α-hetero) is 1. The first-order valence-electron chi connectivity index (χ1n) is 11.1. The van der Waals surface area contributed by atoms with Crippen molar-refractivity contribution in [3.8, 4) is 11.5 Å². The summed E-state index contributed by atoms with van der Waals surface area (Å²) < 4.78 is 10.7. The van der Waals surface area contributed by atoms with Crippen LogP contribution >= 0.6 is 11.6 Å². The Morgan fingerprint density at radius 3 is 2.49 bits per heavy atom. The molecule has 1 unspecified atom stereocenters. The zero-order valence-corrected chi connectivity index (χ0v) is 21.1. The summed E-state index contributed by atoms with van der Waals surface area (Å²) in [4.78, 5) is 33.5. The van der Waals surface area contributed by atoms with Gasteiger partial charge < -0.3 is 29.4 Å². The van der Waals surface area contributed by atoms with E-state index in [1.165, 1.54) is 31.3 Å². The number of ketones is 1. The lowest BCUT2D eigenvalue weighted by Crippen LogP contribution is -2.35. The number of rotatable bonds is 7. The minimum absolute atomic E-state index is 0.0128. The fourth-order valence-electron chi connectivity index (χ4n) is 4.56. The standard InChI is InChI=1S/C26H28ClN3O5/c1-14-21(15-8-6-7-9-18(15)28-14)23-22(25(32)26(33)30(23)11-10-29(2)3)24(31)16-12-17(27)20(35-5)13-19(16)34-4/h6-9,12-13,23,28,31H,10-11H2,1-5H3/b24-22+. The zero-order valence-electron chi connectivity index (χ0n) is 20.3. The highest BCUT2D eigenvalue weighted by molar-refractivity contribution is 6.47. The predicted octanol–water partition coefficient (Wildman–Crippen LogP) is 4.13. The second kappa shape index (κ2) is 9.64. The number of aliphatic hydroxyl groups is 1. The Labute approximate surface area is 208 Å². The molecule has 2 heterocycles. The maximum absolute atomic E-state index is 13.4. The molecule has 2 N–H and O–H groups in total. The van der Waals surface area contributed by atoms with Crippen LogP contribution in [0.4, 0.5) is 0 Å². The van der Waals surface area contributed by atoms with Gasteiger partial charge in [-0.1, -0.05) is 29.8 Å². The maximum atomic E-state index is 13.4. The SMILES string of the molecule is COc1cc(OC)c(/C(O)=C2\C(=O)C(=O)N(CCN(C)C)C2c2c(C)[nH]c3ccccc23)cc1Cl. The average Bonchev–Trinajstić information content (AvgIpc) is 3.29. The van der Waals surface area contributed by atoms with E-state index in [4.69, 9.17) is 21.1 Å². The molecule has 0 radical (unpaired) electrons. The summed E-state index contributed by atoms with van der Waals surface area (Å²) in [6.07, 6.45) is 0. The monoisotopic (exact) mass is 497 g/mol. The molecule has 1 saturated heterocycles. The molecule has 1 fully saturated rings. The van der Waals surface area contributed by atoms with Crippen LogP contribution in [-0.2, 0) is 9.59 Å². The number of para-hydroxylation sites is 1. The number of fused-ring (bicyclic) bond motifs is 1. The van der Waals surface area contributed by atoms with Crippen LogP contribution in [0.2, 0.25) is 5.02 Å². The Kier molecular flexibility index (Phi) is 6.78. The first-order valence-corrected chi connectivity index (χ1v) is 11.5. The minimum Gasteiger partial charge on any atom is -0.507 e. The van der Waals surface area contributed by atoms with Crippen LogP contribution in [0.1, 0.15) is 22.9 Å². The van der Waals surface area contributed by atoms with Crippen LogP contribution in [0.15, 0.2) is 42.0 Å². The van der Waals surface area contributed by atoms with E-state index in [1.54, 1.807) is 0 Å². The molecule has 0 bridgehead atoms. The van der Waals surface area contributed by atoms with E-state index in [-0.39, 0.29) is 27.7 Å². The number of likely N-dealkylation sites (N-methyl/N-ethyl adjacent to an activating group) is 1. The van der Waals surface area contributed by atoms with Crippen molar-refractivity contribution in [1.29, 1.82) is 0 Å². The van der Waals surface area contributed by atoms with E-state index >= 15 is 0 Å². The molecule has 184 valence electrons. The summed E-state index contributed by atoms with van der Waals surface area (Å²) in [5.74, 6) is -1.16. The number of methoxy groups -OCH3 is 2. The van der Waals surface area contributed by atoms with Crippen molar-refractivity contribution >= 4 is 40.0 Å². The number of likely N-dealkylation sites (tertiary alicyclic amines) is 1. The van der Waals surface area contributed by atoms with Gasteiger partial charge in [0.2, 0.25) is 0 Å². The highest BCUT2D eigenvalue weighted by Crippen LogP contribution is 2.45. The van der Waals surface area contributed by atoms with Crippen molar-refractivity contribution in [2.24, 2.45) is 0 Å². The largest absolute Gasteiger partial charge is 0.507 e. The number of nitrogens with one attached hydrogen (secondary N) is 1. The van der Waals surface area contributed by atoms with Crippen molar-refractivity contribution < 1.29 is 24.2 Å². The molecule has 3 aromatic rings. The van der Waals surface area contributed by atoms with Crippen LogP contribution in [-0.4, -0.2) is 73.0 Å². The molecule has 2 aromatic carbocycles. The lowest BCUT2D eigenvalue weighted by Gasteiger charge is -2.27. The smallest absolute Gasteiger partial charge is 0.295 e. The fourth-order valence-corrected chi connectivity index (χ4v) is 4.80. The van der Waals surface area contributed by atoms with Gasteiger partial charge in [0.25, 0.3) is 11.7 Å². The molecule has 35 heavy (non-hydrogen) atoms. The predicted molar refractivity (Wildman–Crippen MR) is 135 cm³/mol. The summed E-state index contributed by atoms with van der Waals surface area (Å²) >= 11 is 6.34. The number of aromatic nitrogens is 1. The van der Waals surface area contributed by atoms with Crippen molar-refractivity contribution in [1.82, 2.24) is 14.8 Å². The van der Waals surface area contributed by atoms with Crippen molar-refractivity contribution in [2.75, 3.05) is 41.4 Å². The molecular weight excluding hydrogens is 470 g/mol. The summed E-state index contributed by atoms with van der Waals surface area (Å²) in [5.41, 5.74) is 2.63. The van der Waals surface area contributed by atoms with E-state index in [1.807, 2.05) is 50.2 Å². The van der Waals surface area contributed by atoms with E-state index in [0.29, 0.717) is 18.8 Å². The lowest BCUT2D eigenvalue weighted by atomic mass is 9.93. The Morgan fingerprint density at radius 2 is 1.83 bits per heavy atom. The van der Waals surface area contributed by atoms with E-state index in [2.05, 4.69) is 4.98 Å². The molecule has 0 aliphatic carbocycles. The Bertz CT molecular complexity index is 1340.